The first-order valence-corrected chi connectivity index (χ1v) is 7.65. The van der Waals surface area contributed by atoms with Crippen molar-refractivity contribution in [1.29, 1.82) is 0 Å². The van der Waals surface area contributed by atoms with Crippen molar-refractivity contribution in [2.45, 2.75) is 52.9 Å². The van der Waals surface area contributed by atoms with Crippen molar-refractivity contribution in [2.24, 2.45) is 11.8 Å². The highest BCUT2D eigenvalue weighted by atomic mass is 16.6. The molecule has 0 aliphatic carbocycles. The standard InChI is InChI=1S/C16H26O5/c1-11(2)7-5-4-6-8-14(21-12(3)18)15-13(9-17)10-20-16(15)19/h11,13,17H,4-10H2,1-3H3/b15-14-/t13-/m0/s1. The molecule has 1 aliphatic rings. The zero-order chi connectivity index (χ0) is 15.8. The maximum atomic E-state index is 11.8. The number of unbranched alkanes of at least 4 members (excludes halogenated alkanes) is 2. The van der Waals surface area contributed by atoms with Crippen LogP contribution in [0.5, 0.6) is 0 Å². The van der Waals surface area contributed by atoms with E-state index in [1.165, 1.54) is 13.3 Å². The van der Waals surface area contributed by atoms with Gasteiger partial charge in [0, 0.05) is 13.3 Å². The zero-order valence-electron chi connectivity index (χ0n) is 13.2. The first-order chi connectivity index (χ1) is 9.95. The van der Waals surface area contributed by atoms with Gasteiger partial charge in [-0.3, -0.25) is 4.79 Å². The molecule has 1 N–H and O–H groups in total. The Balaban J connectivity index is 2.66. The fraction of sp³-hybridized carbons (Fsp3) is 0.750. The van der Waals surface area contributed by atoms with Crippen LogP contribution in [0, 0.1) is 11.8 Å². The maximum Gasteiger partial charge on any atom is 0.337 e. The van der Waals surface area contributed by atoms with Gasteiger partial charge in [0.1, 0.15) is 12.4 Å². The summed E-state index contributed by atoms with van der Waals surface area (Å²) in [6, 6.07) is 0. The Morgan fingerprint density at radius 2 is 2.10 bits per heavy atom. The molecule has 1 aliphatic heterocycles. The largest absolute Gasteiger partial charge is 0.461 e. The molecule has 0 aromatic heterocycles. The van der Waals surface area contributed by atoms with Crippen LogP contribution in [-0.2, 0) is 19.1 Å². The molecule has 5 nitrogen and oxygen atoms in total. The lowest BCUT2D eigenvalue weighted by Gasteiger charge is -2.12. The molecule has 0 amide bonds. The number of esters is 2. The van der Waals surface area contributed by atoms with E-state index < -0.39 is 11.9 Å². The van der Waals surface area contributed by atoms with Crippen molar-refractivity contribution >= 4 is 11.9 Å². The van der Waals surface area contributed by atoms with Gasteiger partial charge in [0.25, 0.3) is 0 Å². The summed E-state index contributed by atoms with van der Waals surface area (Å²) >= 11 is 0. The molecule has 5 heteroatoms. The van der Waals surface area contributed by atoms with Crippen LogP contribution in [0.15, 0.2) is 11.3 Å². The monoisotopic (exact) mass is 298 g/mol. The van der Waals surface area contributed by atoms with Crippen LogP contribution in [0.1, 0.15) is 52.9 Å². The predicted octanol–water partition coefficient (Wildman–Crippen LogP) is 2.58. The van der Waals surface area contributed by atoms with Crippen LogP contribution in [0.2, 0.25) is 0 Å². The van der Waals surface area contributed by atoms with E-state index in [2.05, 4.69) is 13.8 Å². The molecule has 1 rings (SSSR count). The number of carbonyl (C=O) groups excluding carboxylic acids is 2. The molecule has 0 aromatic carbocycles. The first kappa shape index (κ1) is 17.7. The second kappa shape index (κ2) is 8.82. The summed E-state index contributed by atoms with van der Waals surface area (Å²) < 4.78 is 10.1. The van der Waals surface area contributed by atoms with Crippen molar-refractivity contribution in [1.82, 2.24) is 0 Å². The van der Waals surface area contributed by atoms with Crippen LogP contribution < -0.4 is 0 Å². The lowest BCUT2D eigenvalue weighted by Crippen LogP contribution is -2.14. The molecule has 0 spiro atoms. The van der Waals surface area contributed by atoms with Gasteiger partial charge in [-0.15, -0.1) is 0 Å². The van der Waals surface area contributed by atoms with Gasteiger partial charge in [0.2, 0.25) is 0 Å². The van der Waals surface area contributed by atoms with Gasteiger partial charge in [-0.05, 0) is 12.3 Å². The third-order valence-electron chi connectivity index (χ3n) is 3.52. The second-order valence-electron chi connectivity index (χ2n) is 5.90. The molecule has 0 unspecified atom stereocenters. The summed E-state index contributed by atoms with van der Waals surface area (Å²) in [6.07, 6.45) is 4.69. The average Bonchev–Trinajstić information content (AvgIpc) is 2.77. The number of aliphatic hydroxyl groups excluding tert-OH is 1. The number of carbonyl (C=O) groups is 2. The molecular formula is C16H26O5. The highest BCUT2D eigenvalue weighted by Crippen LogP contribution is 2.28. The smallest absolute Gasteiger partial charge is 0.337 e. The van der Waals surface area contributed by atoms with E-state index in [-0.39, 0.29) is 19.1 Å². The highest BCUT2D eigenvalue weighted by molar-refractivity contribution is 5.92. The highest BCUT2D eigenvalue weighted by Gasteiger charge is 2.34. The second-order valence-corrected chi connectivity index (χ2v) is 5.90. The quantitative estimate of drug-likeness (QED) is 0.323. The van der Waals surface area contributed by atoms with Crippen molar-refractivity contribution in [3.8, 4) is 0 Å². The molecule has 0 saturated carbocycles. The lowest BCUT2D eigenvalue weighted by molar-refractivity contribution is -0.137. The maximum absolute atomic E-state index is 11.8. The molecule has 0 aromatic rings. The van der Waals surface area contributed by atoms with Gasteiger partial charge in [-0.1, -0.05) is 33.1 Å². The van der Waals surface area contributed by atoms with Gasteiger partial charge in [0.05, 0.1) is 18.1 Å². The van der Waals surface area contributed by atoms with Gasteiger partial charge in [-0.2, -0.15) is 0 Å². The third kappa shape index (κ3) is 5.87. The van der Waals surface area contributed by atoms with Gasteiger partial charge in [-0.25, -0.2) is 4.79 Å². The Morgan fingerprint density at radius 3 is 2.67 bits per heavy atom. The van der Waals surface area contributed by atoms with E-state index in [4.69, 9.17) is 9.47 Å². The normalized spacial score (nSPS) is 20.6. The summed E-state index contributed by atoms with van der Waals surface area (Å²) in [4.78, 5) is 23.0. The minimum absolute atomic E-state index is 0.156. The van der Waals surface area contributed by atoms with E-state index >= 15 is 0 Å². The average molecular weight is 298 g/mol. The fourth-order valence-electron chi connectivity index (χ4n) is 2.42. The lowest BCUT2D eigenvalue weighted by atomic mass is 9.98. The van der Waals surface area contributed by atoms with Crippen LogP contribution in [0.25, 0.3) is 0 Å². The number of cyclic esters (lactones) is 1. The Hall–Kier alpha value is -1.36. The zero-order valence-corrected chi connectivity index (χ0v) is 13.2. The Labute approximate surface area is 126 Å². The number of rotatable bonds is 8. The summed E-state index contributed by atoms with van der Waals surface area (Å²) in [5.74, 6) is -0.264. The Kier molecular flexibility index (Phi) is 7.43. The minimum atomic E-state index is -0.479. The molecule has 120 valence electrons. The van der Waals surface area contributed by atoms with E-state index in [9.17, 15) is 14.7 Å². The van der Waals surface area contributed by atoms with Crippen LogP contribution in [0.4, 0.5) is 0 Å². The van der Waals surface area contributed by atoms with Crippen molar-refractivity contribution in [3.63, 3.8) is 0 Å². The molecule has 1 fully saturated rings. The van der Waals surface area contributed by atoms with E-state index in [0.717, 1.165) is 19.3 Å². The number of hydrogen-bond acceptors (Lipinski definition) is 5. The number of ether oxygens (including phenoxy) is 2. The van der Waals surface area contributed by atoms with E-state index in [1.54, 1.807) is 0 Å². The summed E-state index contributed by atoms with van der Waals surface area (Å²) in [5, 5.41) is 9.30. The SMILES string of the molecule is CC(=O)O/C(CCCCCC(C)C)=C1\C(=O)OC[C@@H]1CO. The Bertz CT molecular complexity index is 397. The van der Waals surface area contributed by atoms with Gasteiger partial charge in [0.15, 0.2) is 0 Å². The first-order valence-electron chi connectivity index (χ1n) is 7.65. The molecule has 21 heavy (non-hydrogen) atoms. The fourth-order valence-corrected chi connectivity index (χ4v) is 2.42. The molecule has 1 saturated heterocycles. The number of hydrogen-bond donors (Lipinski definition) is 1. The number of aliphatic hydroxyl groups is 1. The van der Waals surface area contributed by atoms with E-state index in [0.29, 0.717) is 23.7 Å². The summed E-state index contributed by atoms with van der Waals surface area (Å²) in [7, 11) is 0. The van der Waals surface area contributed by atoms with Crippen molar-refractivity contribution in [2.75, 3.05) is 13.2 Å². The predicted molar refractivity (Wildman–Crippen MR) is 78.2 cm³/mol. The third-order valence-corrected chi connectivity index (χ3v) is 3.52. The van der Waals surface area contributed by atoms with Crippen molar-refractivity contribution < 1.29 is 24.2 Å². The van der Waals surface area contributed by atoms with Gasteiger partial charge >= 0.3 is 11.9 Å². The van der Waals surface area contributed by atoms with Gasteiger partial charge < -0.3 is 14.6 Å². The van der Waals surface area contributed by atoms with Crippen molar-refractivity contribution in [3.05, 3.63) is 11.3 Å². The van der Waals surface area contributed by atoms with Crippen LogP contribution in [-0.4, -0.2) is 30.3 Å². The molecular weight excluding hydrogens is 272 g/mol. The molecule has 0 bridgehead atoms. The van der Waals surface area contributed by atoms with E-state index in [1.807, 2.05) is 0 Å². The number of allylic oxidation sites excluding steroid dienone is 1. The molecule has 0 radical (unpaired) electrons. The summed E-state index contributed by atoms with van der Waals surface area (Å²) in [6.45, 7) is 5.66. The Morgan fingerprint density at radius 1 is 1.38 bits per heavy atom. The minimum Gasteiger partial charge on any atom is -0.461 e. The molecule has 1 heterocycles. The summed E-state index contributed by atoms with van der Waals surface area (Å²) in [5.41, 5.74) is 0.330. The topological polar surface area (TPSA) is 72.8 Å². The van der Waals surface area contributed by atoms with Crippen LogP contribution in [0.3, 0.4) is 0 Å². The van der Waals surface area contributed by atoms with Crippen LogP contribution >= 0.6 is 0 Å². The molecule has 1 atom stereocenters.